The highest BCUT2D eigenvalue weighted by Gasteiger charge is 2.58. The zero-order valence-electron chi connectivity index (χ0n) is 13.6. The fraction of sp³-hybridized carbons (Fsp3) is 0.737. The number of rotatable bonds is 0. The van der Waals surface area contributed by atoms with E-state index in [1.54, 1.807) is 0 Å². The summed E-state index contributed by atoms with van der Waals surface area (Å²) in [7, 11) is 0. The zero-order valence-corrected chi connectivity index (χ0v) is 13.6. The number of aliphatic hydroxyl groups excluding tert-OH is 1. The van der Waals surface area contributed by atoms with Crippen LogP contribution in [0.15, 0.2) is 23.3 Å². The Bertz CT molecular complexity index is 592. The smallest absolute Gasteiger partial charge is 0.162 e. The lowest BCUT2D eigenvalue weighted by Crippen LogP contribution is -2.47. The van der Waals surface area contributed by atoms with Gasteiger partial charge in [0.05, 0.1) is 0 Å². The lowest BCUT2D eigenvalue weighted by molar-refractivity contribution is -0.127. The standard InChI is InChI=1S/C19H27NO2/c1-18-7-5-12(20)9-11(18)3-4-13-14(18)6-8-19(2)15(13)10-16(21)17(19)22/h3-4,12,14-15,17,22H,5-10,20H2,1-2H3/t12-,14-,15-,17+,18-,19-/m0/s1. The third-order valence-corrected chi connectivity index (χ3v) is 7.40. The van der Waals surface area contributed by atoms with Gasteiger partial charge >= 0.3 is 0 Å². The highest BCUT2D eigenvalue weighted by Crippen LogP contribution is 2.62. The van der Waals surface area contributed by atoms with Gasteiger partial charge in [0.2, 0.25) is 0 Å². The second-order valence-corrected chi connectivity index (χ2v) is 8.50. The molecule has 3 heteroatoms. The van der Waals surface area contributed by atoms with Gasteiger partial charge in [-0.15, -0.1) is 0 Å². The fourth-order valence-electron chi connectivity index (χ4n) is 5.81. The van der Waals surface area contributed by atoms with Crippen molar-refractivity contribution in [3.8, 4) is 0 Å². The summed E-state index contributed by atoms with van der Waals surface area (Å²) in [6.07, 6.45) is 9.63. The molecule has 0 aliphatic heterocycles. The second-order valence-electron chi connectivity index (χ2n) is 8.50. The number of hydrogen-bond donors (Lipinski definition) is 2. The van der Waals surface area contributed by atoms with Crippen LogP contribution in [-0.2, 0) is 4.79 Å². The molecule has 0 aromatic rings. The third-order valence-electron chi connectivity index (χ3n) is 7.40. The van der Waals surface area contributed by atoms with Crippen LogP contribution in [0.25, 0.3) is 0 Å². The molecule has 0 aromatic carbocycles. The Morgan fingerprint density at radius 2 is 1.91 bits per heavy atom. The highest BCUT2D eigenvalue weighted by molar-refractivity contribution is 5.87. The van der Waals surface area contributed by atoms with Gasteiger partial charge < -0.3 is 10.8 Å². The minimum Gasteiger partial charge on any atom is -0.385 e. The lowest BCUT2D eigenvalue weighted by Gasteiger charge is -2.54. The molecule has 4 rings (SSSR count). The molecule has 3 saturated carbocycles. The van der Waals surface area contributed by atoms with Gasteiger partial charge in [0.1, 0.15) is 6.10 Å². The van der Waals surface area contributed by atoms with Crippen LogP contribution < -0.4 is 5.73 Å². The van der Waals surface area contributed by atoms with Crippen LogP contribution in [0.1, 0.15) is 52.4 Å². The number of nitrogens with two attached hydrogens (primary N) is 1. The van der Waals surface area contributed by atoms with E-state index in [0.29, 0.717) is 18.4 Å². The molecule has 0 amide bonds. The summed E-state index contributed by atoms with van der Waals surface area (Å²) in [5, 5.41) is 10.4. The molecule has 4 aliphatic carbocycles. The summed E-state index contributed by atoms with van der Waals surface area (Å²) >= 11 is 0. The Labute approximate surface area is 132 Å². The predicted molar refractivity (Wildman–Crippen MR) is 86.1 cm³/mol. The fourth-order valence-corrected chi connectivity index (χ4v) is 5.81. The number of hydrogen-bond acceptors (Lipinski definition) is 3. The van der Waals surface area contributed by atoms with Crippen LogP contribution in [-0.4, -0.2) is 23.0 Å². The normalized spacial score (nSPS) is 50.6. The summed E-state index contributed by atoms with van der Waals surface area (Å²) in [4.78, 5) is 12.1. The van der Waals surface area contributed by atoms with Crippen molar-refractivity contribution < 1.29 is 9.90 Å². The van der Waals surface area contributed by atoms with E-state index in [1.807, 2.05) is 0 Å². The minimum atomic E-state index is -0.766. The predicted octanol–water partition coefficient (Wildman–Crippen LogP) is 2.74. The van der Waals surface area contributed by atoms with Gasteiger partial charge in [-0.05, 0) is 49.4 Å². The largest absolute Gasteiger partial charge is 0.385 e. The number of allylic oxidation sites excluding steroid dienone is 3. The van der Waals surface area contributed by atoms with Crippen LogP contribution >= 0.6 is 0 Å². The molecule has 3 nitrogen and oxygen atoms in total. The first-order chi connectivity index (χ1) is 10.4. The van der Waals surface area contributed by atoms with E-state index in [4.69, 9.17) is 5.73 Å². The maximum atomic E-state index is 12.1. The van der Waals surface area contributed by atoms with Crippen LogP contribution in [0.2, 0.25) is 0 Å². The quantitative estimate of drug-likeness (QED) is 0.723. The molecular weight excluding hydrogens is 274 g/mol. The average Bonchev–Trinajstić information content (AvgIpc) is 2.72. The first-order valence-electron chi connectivity index (χ1n) is 8.74. The van der Waals surface area contributed by atoms with Gasteiger partial charge in [0.15, 0.2) is 5.78 Å². The van der Waals surface area contributed by atoms with Crippen LogP contribution in [0.4, 0.5) is 0 Å². The first kappa shape index (κ1) is 14.6. The third kappa shape index (κ3) is 1.73. The van der Waals surface area contributed by atoms with Crippen LogP contribution in [0.3, 0.4) is 0 Å². The molecule has 120 valence electrons. The molecule has 3 N–H and O–H groups in total. The minimum absolute atomic E-state index is 0.0413. The number of fused-ring (bicyclic) bond motifs is 5. The second kappa shape index (κ2) is 4.55. The summed E-state index contributed by atoms with van der Waals surface area (Å²) in [5.74, 6) is 0.815. The molecule has 3 fully saturated rings. The van der Waals surface area contributed by atoms with E-state index in [9.17, 15) is 9.90 Å². The molecule has 6 atom stereocenters. The summed E-state index contributed by atoms with van der Waals surface area (Å²) in [6, 6.07) is 0.304. The summed E-state index contributed by atoms with van der Waals surface area (Å²) < 4.78 is 0. The van der Waals surface area contributed by atoms with Crippen molar-refractivity contribution in [2.45, 2.75) is 64.5 Å². The number of ketones is 1. The van der Waals surface area contributed by atoms with Crippen molar-refractivity contribution in [3.63, 3.8) is 0 Å². The first-order valence-corrected chi connectivity index (χ1v) is 8.74. The molecule has 0 saturated heterocycles. The van der Waals surface area contributed by atoms with Crippen LogP contribution in [0, 0.1) is 22.7 Å². The number of carbonyl (C=O) groups is 1. The highest BCUT2D eigenvalue weighted by atomic mass is 16.3. The molecule has 0 radical (unpaired) electrons. The van der Waals surface area contributed by atoms with Crippen molar-refractivity contribution in [3.05, 3.63) is 23.3 Å². The Kier molecular flexibility index (Phi) is 3.03. The van der Waals surface area contributed by atoms with Crippen molar-refractivity contribution in [2.75, 3.05) is 0 Å². The van der Waals surface area contributed by atoms with Crippen LogP contribution in [0.5, 0.6) is 0 Å². The van der Waals surface area contributed by atoms with E-state index in [0.717, 1.165) is 32.1 Å². The summed E-state index contributed by atoms with van der Waals surface area (Å²) in [5.41, 5.74) is 9.09. The molecule has 0 bridgehead atoms. The maximum absolute atomic E-state index is 12.1. The van der Waals surface area contributed by atoms with E-state index in [1.165, 1.54) is 11.1 Å². The SMILES string of the molecule is C[C@]12CC[C@H]3C(=CC=C4C[C@@H](N)CC[C@@]43C)[C@@H]1CC(=O)[C@H]2O. The van der Waals surface area contributed by atoms with Crippen molar-refractivity contribution in [1.29, 1.82) is 0 Å². The molecule has 0 aromatic heterocycles. The molecule has 22 heavy (non-hydrogen) atoms. The topological polar surface area (TPSA) is 63.3 Å². The van der Waals surface area contributed by atoms with Gasteiger partial charge in [-0.2, -0.15) is 0 Å². The summed E-state index contributed by atoms with van der Waals surface area (Å²) in [6.45, 7) is 4.51. The van der Waals surface area contributed by atoms with E-state index >= 15 is 0 Å². The molecule has 4 aliphatic rings. The van der Waals surface area contributed by atoms with Gasteiger partial charge in [0.25, 0.3) is 0 Å². The molecule has 0 spiro atoms. The maximum Gasteiger partial charge on any atom is 0.162 e. The van der Waals surface area contributed by atoms with Crippen molar-refractivity contribution in [2.24, 2.45) is 28.4 Å². The molecule has 0 unspecified atom stereocenters. The monoisotopic (exact) mass is 301 g/mol. The zero-order chi connectivity index (χ0) is 15.7. The number of carbonyl (C=O) groups excluding carboxylic acids is 1. The van der Waals surface area contributed by atoms with E-state index in [2.05, 4.69) is 26.0 Å². The van der Waals surface area contributed by atoms with Crippen molar-refractivity contribution >= 4 is 5.78 Å². The van der Waals surface area contributed by atoms with Gasteiger partial charge in [-0.3, -0.25) is 4.79 Å². The Balaban J connectivity index is 1.76. The molecular formula is C19H27NO2. The van der Waals surface area contributed by atoms with E-state index < -0.39 is 6.10 Å². The van der Waals surface area contributed by atoms with E-state index in [-0.39, 0.29) is 22.5 Å². The Morgan fingerprint density at radius 1 is 1.14 bits per heavy atom. The van der Waals surface area contributed by atoms with Gasteiger partial charge in [-0.1, -0.05) is 37.1 Å². The van der Waals surface area contributed by atoms with Gasteiger partial charge in [-0.25, -0.2) is 0 Å². The molecule has 0 heterocycles. The lowest BCUT2D eigenvalue weighted by atomic mass is 9.51. The van der Waals surface area contributed by atoms with Gasteiger partial charge in [0, 0.05) is 17.9 Å². The average molecular weight is 301 g/mol. The Hall–Kier alpha value is -0.930. The Morgan fingerprint density at radius 3 is 2.68 bits per heavy atom. The number of Topliss-reactive ketones (excluding diaryl/α,β-unsaturated/α-hetero) is 1. The number of aliphatic hydroxyl groups is 1. The van der Waals surface area contributed by atoms with Crippen molar-refractivity contribution in [1.82, 2.24) is 0 Å².